The van der Waals surface area contributed by atoms with E-state index >= 15 is 0 Å². The van der Waals surface area contributed by atoms with E-state index in [0.717, 1.165) is 33.0 Å². The van der Waals surface area contributed by atoms with Crippen LogP contribution in [0.15, 0.2) is 35.9 Å². The average molecular weight is 306 g/mol. The van der Waals surface area contributed by atoms with Crippen LogP contribution in [0.4, 0.5) is 0 Å². The summed E-state index contributed by atoms with van der Waals surface area (Å²) in [6.45, 7) is 0.709. The molecule has 4 heteroatoms. The van der Waals surface area contributed by atoms with Gasteiger partial charge in [0.15, 0.2) is 0 Å². The molecule has 5 rings (SSSR count). The molecule has 0 saturated carbocycles. The molecule has 0 amide bonds. The molecule has 114 valence electrons. The van der Waals surface area contributed by atoms with Gasteiger partial charge in [-0.15, -0.1) is 0 Å². The molecule has 1 saturated heterocycles. The first kappa shape index (κ1) is 12.9. The zero-order valence-corrected chi connectivity index (χ0v) is 12.4. The summed E-state index contributed by atoms with van der Waals surface area (Å²) in [5.74, 6) is -1.05. The van der Waals surface area contributed by atoms with Crippen molar-refractivity contribution < 1.29 is 19.1 Å². The first-order valence-corrected chi connectivity index (χ1v) is 7.87. The SMILES string of the molecule is O=C1OCCc2ccc3cccc4c3c2C1=C1CCOC(=O)C14. The Morgan fingerprint density at radius 2 is 1.83 bits per heavy atom. The van der Waals surface area contributed by atoms with Crippen LogP contribution in [-0.4, -0.2) is 25.2 Å². The number of rotatable bonds is 0. The maximum Gasteiger partial charge on any atom is 0.338 e. The maximum atomic E-state index is 12.6. The summed E-state index contributed by atoms with van der Waals surface area (Å²) < 4.78 is 10.7. The van der Waals surface area contributed by atoms with Crippen molar-refractivity contribution in [3.63, 3.8) is 0 Å². The van der Waals surface area contributed by atoms with Crippen molar-refractivity contribution in [3.05, 3.63) is 52.6 Å². The second kappa shape index (κ2) is 4.44. The highest BCUT2D eigenvalue weighted by atomic mass is 16.5. The van der Waals surface area contributed by atoms with E-state index in [0.29, 0.717) is 31.6 Å². The van der Waals surface area contributed by atoms with E-state index in [4.69, 9.17) is 9.47 Å². The fraction of sp³-hybridized carbons (Fsp3) is 0.263. The third-order valence-corrected chi connectivity index (χ3v) is 5.05. The molecule has 2 aromatic carbocycles. The molecule has 2 heterocycles. The minimum Gasteiger partial charge on any atom is -0.465 e. The van der Waals surface area contributed by atoms with E-state index in [-0.39, 0.29) is 11.9 Å². The Labute approximate surface area is 132 Å². The molecule has 0 radical (unpaired) electrons. The van der Waals surface area contributed by atoms with Crippen molar-refractivity contribution in [2.75, 3.05) is 13.2 Å². The van der Waals surface area contributed by atoms with Gasteiger partial charge in [0.25, 0.3) is 0 Å². The molecule has 4 nitrogen and oxygen atoms in total. The number of carbonyl (C=O) groups excluding carboxylic acids is 2. The van der Waals surface area contributed by atoms with E-state index in [1.54, 1.807) is 0 Å². The van der Waals surface area contributed by atoms with Crippen molar-refractivity contribution in [2.45, 2.75) is 18.8 Å². The van der Waals surface area contributed by atoms with Crippen LogP contribution in [0.2, 0.25) is 0 Å². The fourth-order valence-corrected chi connectivity index (χ4v) is 4.12. The van der Waals surface area contributed by atoms with E-state index in [9.17, 15) is 9.59 Å². The number of benzene rings is 2. The van der Waals surface area contributed by atoms with E-state index in [1.165, 1.54) is 0 Å². The smallest absolute Gasteiger partial charge is 0.338 e. The van der Waals surface area contributed by atoms with Gasteiger partial charge in [0.2, 0.25) is 0 Å². The van der Waals surface area contributed by atoms with Crippen LogP contribution in [0.1, 0.15) is 29.0 Å². The van der Waals surface area contributed by atoms with E-state index < -0.39 is 5.92 Å². The monoisotopic (exact) mass is 306 g/mol. The Morgan fingerprint density at radius 1 is 0.957 bits per heavy atom. The van der Waals surface area contributed by atoms with Gasteiger partial charge in [-0.05, 0) is 27.5 Å². The summed E-state index contributed by atoms with van der Waals surface area (Å²) in [5.41, 5.74) is 4.51. The van der Waals surface area contributed by atoms with Gasteiger partial charge in [0.1, 0.15) is 5.92 Å². The van der Waals surface area contributed by atoms with Crippen LogP contribution < -0.4 is 0 Å². The first-order chi connectivity index (χ1) is 11.3. The first-order valence-electron chi connectivity index (χ1n) is 7.87. The number of hydrogen-bond donors (Lipinski definition) is 0. The molecule has 0 N–H and O–H groups in total. The predicted molar refractivity (Wildman–Crippen MR) is 83.8 cm³/mol. The maximum absolute atomic E-state index is 12.6. The van der Waals surface area contributed by atoms with Gasteiger partial charge >= 0.3 is 11.9 Å². The van der Waals surface area contributed by atoms with Crippen molar-refractivity contribution in [1.29, 1.82) is 0 Å². The van der Waals surface area contributed by atoms with Crippen molar-refractivity contribution >= 4 is 28.3 Å². The van der Waals surface area contributed by atoms with Gasteiger partial charge in [-0.2, -0.15) is 0 Å². The number of cyclic esters (lactones) is 2. The van der Waals surface area contributed by atoms with Crippen LogP contribution in [0.25, 0.3) is 16.3 Å². The summed E-state index contributed by atoms with van der Waals surface area (Å²) in [5, 5.41) is 2.05. The molecule has 1 aliphatic carbocycles. The Balaban J connectivity index is 1.98. The zero-order valence-electron chi connectivity index (χ0n) is 12.4. The molecule has 2 aromatic rings. The molecule has 0 bridgehead atoms. The molecule has 1 atom stereocenters. The highest BCUT2D eigenvalue weighted by Crippen LogP contribution is 2.48. The number of carbonyl (C=O) groups is 2. The van der Waals surface area contributed by atoms with Gasteiger partial charge in [-0.3, -0.25) is 4.79 Å². The molecule has 0 spiro atoms. The minimum absolute atomic E-state index is 0.264. The number of esters is 2. The lowest BCUT2D eigenvalue weighted by atomic mass is 9.73. The number of hydrogen-bond acceptors (Lipinski definition) is 4. The Hall–Kier alpha value is -2.62. The van der Waals surface area contributed by atoms with Gasteiger partial charge < -0.3 is 9.47 Å². The second-order valence-corrected chi connectivity index (χ2v) is 6.18. The summed E-state index contributed by atoms with van der Waals surface area (Å²) in [4.78, 5) is 25.0. The number of ether oxygens (including phenoxy) is 2. The van der Waals surface area contributed by atoms with Crippen LogP contribution in [0, 0.1) is 0 Å². The molecular formula is C19H14O4. The quantitative estimate of drug-likeness (QED) is 0.702. The zero-order chi connectivity index (χ0) is 15.6. The molecule has 3 aliphatic rings. The van der Waals surface area contributed by atoms with Crippen LogP contribution in [0.3, 0.4) is 0 Å². The summed E-state index contributed by atoms with van der Waals surface area (Å²) in [7, 11) is 0. The Bertz CT molecular complexity index is 922. The van der Waals surface area contributed by atoms with Crippen molar-refractivity contribution in [1.82, 2.24) is 0 Å². The average Bonchev–Trinajstić information content (AvgIpc) is 2.73. The summed E-state index contributed by atoms with van der Waals surface area (Å²) in [6, 6.07) is 10.1. The van der Waals surface area contributed by atoms with Gasteiger partial charge in [0.05, 0.1) is 18.8 Å². The third kappa shape index (κ3) is 1.61. The lowest BCUT2D eigenvalue weighted by Gasteiger charge is -2.32. The van der Waals surface area contributed by atoms with Crippen LogP contribution >= 0.6 is 0 Å². The second-order valence-electron chi connectivity index (χ2n) is 6.18. The van der Waals surface area contributed by atoms with E-state index in [2.05, 4.69) is 12.1 Å². The molecule has 2 aliphatic heterocycles. The Morgan fingerprint density at radius 3 is 2.74 bits per heavy atom. The molecule has 1 unspecified atom stereocenters. The largest absolute Gasteiger partial charge is 0.465 e. The highest BCUT2D eigenvalue weighted by molar-refractivity contribution is 6.25. The highest BCUT2D eigenvalue weighted by Gasteiger charge is 2.41. The summed E-state index contributed by atoms with van der Waals surface area (Å²) >= 11 is 0. The van der Waals surface area contributed by atoms with E-state index in [1.807, 2.05) is 18.2 Å². The molecule has 0 aromatic heterocycles. The van der Waals surface area contributed by atoms with Gasteiger partial charge in [0, 0.05) is 18.4 Å². The number of fused-ring (bicyclic) bond motifs is 2. The third-order valence-electron chi connectivity index (χ3n) is 5.05. The van der Waals surface area contributed by atoms with Crippen molar-refractivity contribution in [3.8, 4) is 0 Å². The topological polar surface area (TPSA) is 52.6 Å². The fourth-order valence-electron chi connectivity index (χ4n) is 4.12. The Kier molecular flexibility index (Phi) is 2.49. The van der Waals surface area contributed by atoms with Crippen LogP contribution in [-0.2, 0) is 25.5 Å². The summed E-state index contributed by atoms with van der Waals surface area (Å²) in [6.07, 6.45) is 1.29. The lowest BCUT2D eigenvalue weighted by Crippen LogP contribution is -2.29. The normalized spacial score (nSPS) is 22.3. The molecular weight excluding hydrogens is 292 g/mol. The lowest BCUT2D eigenvalue weighted by molar-refractivity contribution is -0.146. The predicted octanol–water partition coefficient (Wildman–Crippen LogP) is 2.74. The van der Waals surface area contributed by atoms with Crippen LogP contribution in [0.5, 0.6) is 0 Å². The van der Waals surface area contributed by atoms with Gasteiger partial charge in [-0.1, -0.05) is 30.3 Å². The van der Waals surface area contributed by atoms with Crippen molar-refractivity contribution in [2.24, 2.45) is 0 Å². The standard InChI is InChI=1S/C19H14O4/c20-18-16-12-3-1-2-10-4-5-11-6-8-22-19(21)17(15(11)14(10)12)13(16)7-9-23-18/h1-5,16H,6-9H2. The molecule has 1 fully saturated rings. The minimum atomic E-state index is -0.476. The molecule has 23 heavy (non-hydrogen) atoms. The van der Waals surface area contributed by atoms with Gasteiger partial charge in [-0.25, -0.2) is 4.79 Å².